The smallest absolute Gasteiger partial charge is 0.296 e. The number of aromatic nitrogens is 4. The summed E-state index contributed by atoms with van der Waals surface area (Å²) in [5.74, 6) is 1.21. The van der Waals surface area contributed by atoms with Gasteiger partial charge in [0, 0.05) is 44.8 Å². The Kier molecular flexibility index (Phi) is 7.30. The minimum absolute atomic E-state index is 0.0304. The summed E-state index contributed by atoms with van der Waals surface area (Å²) in [5, 5.41) is 3.41. The van der Waals surface area contributed by atoms with Gasteiger partial charge in [-0.2, -0.15) is 9.97 Å². The number of fused-ring (bicyclic) bond motifs is 1. The molecule has 1 amide bonds. The molecule has 3 aromatic rings. The Balaban J connectivity index is 1.29. The Labute approximate surface area is 226 Å². The maximum atomic E-state index is 14.1. The van der Waals surface area contributed by atoms with Crippen molar-refractivity contribution in [3.8, 4) is 5.82 Å². The second-order valence-electron chi connectivity index (χ2n) is 10.6. The van der Waals surface area contributed by atoms with Crippen molar-refractivity contribution < 1.29 is 18.3 Å². The first kappa shape index (κ1) is 25.9. The number of rotatable bonds is 6. The number of likely N-dealkylation sites (tertiary alicyclic amines) is 2. The fourth-order valence-corrected chi connectivity index (χ4v) is 5.87. The number of halogens is 2. The number of para-hydroxylation sites is 2. The normalized spacial score (nSPS) is 22.7. The number of imidazole rings is 1. The van der Waals surface area contributed by atoms with Crippen LogP contribution in [0, 0.1) is 5.92 Å². The monoisotopic (exact) mass is 540 g/mol. The van der Waals surface area contributed by atoms with Crippen LogP contribution < -0.4 is 10.2 Å². The lowest BCUT2D eigenvalue weighted by molar-refractivity contribution is -0.136. The molecule has 0 bridgehead atoms. The molecule has 0 spiro atoms. The van der Waals surface area contributed by atoms with Gasteiger partial charge in [0.05, 0.1) is 30.2 Å². The number of carbonyl (C=O) groups is 1. The van der Waals surface area contributed by atoms with Crippen LogP contribution in [-0.4, -0.2) is 101 Å². The lowest BCUT2D eigenvalue weighted by Crippen LogP contribution is -2.43. The molecule has 0 aliphatic carbocycles. The average molecular weight is 541 g/mol. The van der Waals surface area contributed by atoms with Crippen LogP contribution in [0.1, 0.15) is 31.5 Å². The largest absolute Gasteiger partial charge is 0.378 e. The van der Waals surface area contributed by atoms with E-state index in [4.69, 9.17) is 14.7 Å². The molecule has 6 rings (SSSR count). The van der Waals surface area contributed by atoms with Gasteiger partial charge in [-0.3, -0.25) is 9.36 Å². The first-order chi connectivity index (χ1) is 19.0. The van der Waals surface area contributed by atoms with E-state index in [-0.39, 0.29) is 23.7 Å². The number of piperidine rings is 1. The van der Waals surface area contributed by atoms with Gasteiger partial charge in [-0.15, -0.1) is 0 Å². The first-order valence-corrected chi connectivity index (χ1v) is 13.7. The lowest BCUT2D eigenvalue weighted by Gasteiger charge is -2.31. The summed E-state index contributed by atoms with van der Waals surface area (Å²) in [6.07, 6.45) is -0.0390. The van der Waals surface area contributed by atoms with E-state index in [1.165, 1.54) is 4.57 Å². The number of morpholine rings is 1. The molecule has 0 radical (unpaired) electrons. The van der Waals surface area contributed by atoms with Crippen LogP contribution in [0.4, 0.5) is 20.5 Å². The highest BCUT2D eigenvalue weighted by atomic mass is 19.3. The van der Waals surface area contributed by atoms with Crippen LogP contribution in [0.3, 0.4) is 0 Å². The van der Waals surface area contributed by atoms with E-state index in [9.17, 15) is 13.6 Å². The second kappa shape index (κ2) is 11.0. The highest BCUT2D eigenvalue weighted by Crippen LogP contribution is 2.30. The van der Waals surface area contributed by atoms with E-state index in [1.807, 2.05) is 4.90 Å². The molecule has 12 heteroatoms. The van der Waals surface area contributed by atoms with Crippen LogP contribution in [0.2, 0.25) is 0 Å². The van der Waals surface area contributed by atoms with Crippen LogP contribution >= 0.6 is 0 Å². The molecule has 2 aromatic heterocycles. The number of ether oxygens (including phenoxy) is 1. The Morgan fingerprint density at radius 2 is 1.82 bits per heavy atom. The molecule has 3 aliphatic rings. The van der Waals surface area contributed by atoms with Crippen LogP contribution in [-0.2, 0) is 9.53 Å². The van der Waals surface area contributed by atoms with Crippen molar-refractivity contribution in [3.63, 3.8) is 0 Å². The summed E-state index contributed by atoms with van der Waals surface area (Å²) in [6.45, 7) is 5.49. The standard InChI is InChI=1S/C27H34F2N8O2/c1-34-9-4-5-18(16-34)26(38)36-10-8-19(17-36)30-27-32-22(35-11-13-39-14-12-35)15-23(33-27)37-21-7-3-2-6-20(21)31-25(37)24(28)29/h2-3,6-7,15,18-19,24H,4-5,8-14,16-17H2,1H3,(H,30,32,33)/t18?,19-/m0/s1. The molecule has 10 nitrogen and oxygen atoms in total. The molecule has 1 aromatic carbocycles. The van der Waals surface area contributed by atoms with E-state index < -0.39 is 6.43 Å². The van der Waals surface area contributed by atoms with E-state index in [1.54, 1.807) is 30.3 Å². The Hall–Kier alpha value is -3.38. The van der Waals surface area contributed by atoms with Crippen molar-refractivity contribution in [3.05, 3.63) is 36.2 Å². The van der Waals surface area contributed by atoms with Crippen LogP contribution in [0.25, 0.3) is 16.9 Å². The second-order valence-corrected chi connectivity index (χ2v) is 10.6. The summed E-state index contributed by atoms with van der Waals surface area (Å²) in [7, 11) is 2.06. The van der Waals surface area contributed by atoms with Crippen molar-refractivity contribution in [1.82, 2.24) is 29.3 Å². The Morgan fingerprint density at radius 3 is 2.62 bits per heavy atom. The van der Waals surface area contributed by atoms with Gasteiger partial charge in [0.1, 0.15) is 11.6 Å². The summed E-state index contributed by atoms with van der Waals surface area (Å²) in [4.78, 5) is 33.1. The Bertz CT molecular complexity index is 1330. The number of alkyl halides is 2. The highest BCUT2D eigenvalue weighted by Gasteiger charge is 2.33. The summed E-state index contributed by atoms with van der Waals surface area (Å²) >= 11 is 0. The summed E-state index contributed by atoms with van der Waals surface area (Å²) < 4.78 is 35.2. The SMILES string of the molecule is CN1CCCC(C(=O)N2CC[C@H](Nc3nc(N4CCOCC4)cc(-n4c(C(F)F)nc5ccccc54)n3)C2)C1. The fraction of sp³-hybridized carbons (Fsp3) is 0.556. The number of nitrogens with one attached hydrogen (secondary N) is 1. The molecule has 2 atom stereocenters. The Morgan fingerprint density at radius 1 is 1.03 bits per heavy atom. The van der Waals surface area contributed by atoms with Gasteiger partial charge in [-0.05, 0) is 45.0 Å². The quantitative estimate of drug-likeness (QED) is 0.511. The van der Waals surface area contributed by atoms with Crippen molar-refractivity contribution in [2.45, 2.75) is 31.7 Å². The summed E-state index contributed by atoms with van der Waals surface area (Å²) in [5.41, 5.74) is 1.03. The van der Waals surface area contributed by atoms with Gasteiger partial charge in [-0.1, -0.05) is 12.1 Å². The molecule has 0 saturated carbocycles. The number of hydrogen-bond acceptors (Lipinski definition) is 8. The predicted molar refractivity (Wildman–Crippen MR) is 143 cm³/mol. The molecule has 5 heterocycles. The van der Waals surface area contributed by atoms with E-state index in [2.05, 4.69) is 27.1 Å². The van der Waals surface area contributed by atoms with Crippen molar-refractivity contribution in [2.75, 3.05) is 69.7 Å². The fourth-order valence-electron chi connectivity index (χ4n) is 5.87. The van der Waals surface area contributed by atoms with Crippen LogP contribution in [0.15, 0.2) is 30.3 Å². The van der Waals surface area contributed by atoms with Crippen molar-refractivity contribution in [1.29, 1.82) is 0 Å². The number of anilines is 2. The van der Waals surface area contributed by atoms with Gasteiger partial charge >= 0.3 is 0 Å². The minimum atomic E-state index is -2.77. The molecule has 3 saturated heterocycles. The zero-order valence-electron chi connectivity index (χ0n) is 22.1. The number of carbonyl (C=O) groups excluding carboxylic acids is 1. The number of nitrogens with zero attached hydrogens (tertiary/aromatic N) is 7. The van der Waals surface area contributed by atoms with Gasteiger partial charge in [-0.25, -0.2) is 13.8 Å². The molecular weight excluding hydrogens is 506 g/mol. The van der Waals surface area contributed by atoms with Crippen molar-refractivity contribution >= 4 is 28.7 Å². The van der Waals surface area contributed by atoms with Gasteiger partial charge in [0.25, 0.3) is 6.43 Å². The lowest BCUT2D eigenvalue weighted by atomic mass is 9.97. The first-order valence-electron chi connectivity index (χ1n) is 13.7. The molecule has 1 N–H and O–H groups in total. The predicted octanol–water partition coefficient (Wildman–Crippen LogP) is 2.94. The zero-order chi connectivity index (χ0) is 26.9. The van der Waals surface area contributed by atoms with Gasteiger partial charge < -0.3 is 24.8 Å². The van der Waals surface area contributed by atoms with Crippen LogP contribution in [0.5, 0.6) is 0 Å². The van der Waals surface area contributed by atoms with E-state index >= 15 is 0 Å². The third kappa shape index (κ3) is 5.40. The topological polar surface area (TPSA) is 91.7 Å². The third-order valence-corrected chi connectivity index (χ3v) is 7.85. The molecule has 39 heavy (non-hydrogen) atoms. The molecule has 3 fully saturated rings. The summed E-state index contributed by atoms with van der Waals surface area (Å²) in [6, 6.07) is 8.76. The molecule has 1 unspecified atom stereocenters. The number of amides is 1. The zero-order valence-corrected chi connectivity index (χ0v) is 22.1. The van der Waals surface area contributed by atoms with Gasteiger partial charge in [0.15, 0.2) is 5.82 Å². The average Bonchev–Trinajstić information content (AvgIpc) is 3.58. The van der Waals surface area contributed by atoms with Gasteiger partial charge in [0.2, 0.25) is 11.9 Å². The number of hydrogen-bond donors (Lipinski definition) is 1. The minimum Gasteiger partial charge on any atom is -0.378 e. The van der Waals surface area contributed by atoms with E-state index in [0.717, 1.165) is 32.4 Å². The van der Waals surface area contributed by atoms with E-state index in [0.29, 0.717) is 68.0 Å². The molecule has 208 valence electrons. The number of benzene rings is 1. The maximum absolute atomic E-state index is 14.1. The highest BCUT2D eigenvalue weighted by molar-refractivity contribution is 5.80. The molecular formula is C27H34F2N8O2. The third-order valence-electron chi connectivity index (χ3n) is 7.85. The maximum Gasteiger partial charge on any atom is 0.296 e. The molecule has 3 aliphatic heterocycles. The van der Waals surface area contributed by atoms with Crippen molar-refractivity contribution in [2.24, 2.45) is 5.92 Å².